The lowest BCUT2D eigenvalue weighted by Gasteiger charge is -2.24. The largest absolute Gasteiger partial charge is 0.393 e. The van der Waals surface area contributed by atoms with E-state index >= 15 is 0 Å². The van der Waals surface area contributed by atoms with Gasteiger partial charge in [-0.3, -0.25) is 4.79 Å². The molecule has 1 saturated carbocycles. The van der Waals surface area contributed by atoms with E-state index in [9.17, 15) is 9.90 Å². The van der Waals surface area contributed by atoms with E-state index in [4.69, 9.17) is 0 Å². The van der Waals surface area contributed by atoms with Crippen LogP contribution in [-0.4, -0.2) is 17.0 Å². The average Bonchev–Trinajstić information content (AvgIpc) is 2.06. The number of Topliss-reactive ketones (excluding diaryl/α,β-unsaturated/α-hetero) is 1. The van der Waals surface area contributed by atoms with Crippen LogP contribution >= 0.6 is 0 Å². The molecule has 0 heterocycles. The van der Waals surface area contributed by atoms with Crippen LogP contribution in [0.15, 0.2) is 12.7 Å². The van der Waals surface area contributed by atoms with E-state index in [-0.39, 0.29) is 6.10 Å². The molecule has 1 aliphatic rings. The molecule has 12 heavy (non-hydrogen) atoms. The van der Waals surface area contributed by atoms with Gasteiger partial charge in [-0.1, -0.05) is 6.08 Å². The molecule has 68 valence electrons. The molecule has 0 radical (unpaired) electrons. The van der Waals surface area contributed by atoms with Gasteiger partial charge >= 0.3 is 0 Å². The smallest absolute Gasteiger partial charge is 0.132 e. The van der Waals surface area contributed by atoms with Crippen LogP contribution in [0, 0.1) is 5.92 Å². The molecule has 0 aromatic heterocycles. The van der Waals surface area contributed by atoms with Crippen molar-refractivity contribution < 1.29 is 9.90 Å². The zero-order chi connectivity index (χ0) is 8.97. The van der Waals surface area contributed by atoms with Crippen LogP contribution in [0.1, 0.15) is 32.1 Å². The van der Waals surface area contributed by atoms with Crippen LogP contribution in [0.4, 0.5) is 0 Å². The second-order valence-corrected chi connectivity index (χ2v) is 3.47. The molecular formula is C10H16O2. The zero-order valence-corrected chi connectivity index (χ0v) is 7.33. The summed E-state index contributed by atoms with van der Waals surface area (Å²) in [7, 11) is 0. The SMILES string of the molecule is C=CCC(O)C1CCC(=O)CC1. The standard InChI is InChI=1S/C10H16O2/c1-2-3-10(12)8-4-6-9(11)7-5-8/h2,8,10,12H,1,3-7H2. The van der Waals surface area contributed by atoms with Crippen LogP contribution in [0.5, 0.6) is 0 Å². The minimum absolute atomic E-state index is 0.282. The van der Waals surface area contributed by atoms with Crippen LogP contribution in [0.2, 0.25) is 0 Å². The van der Waals surface area contributed by atoms with E-state index in [2.05, 4.69) is 6.58 Å². The summed E-state index contributed by atoms with van der Waals surface area (Å²) >= 11 is 0. The molecule has 0 aromatic rings. The fourth-order valence-electron chi connectivity index (χ4n) is 1.71. The lowest BCUT2D eigenvalue weighted by molar-refractivity contribution is -0.121. The minimum Gasteiger partial charge on any atom is -0.393 e. The maximum absolute atomic E-state index is 10.9. The van der Waals surface area contributed by atoms with Crippen molar-refractivity contribution in [2.75, 3.05) is 0 Å². The molecule has 2 nitrogen and oxygen atoms in total. The topological polar surface area (TPSA) is 37.3 Å². The quantitative estimate of drug-likeness (QED) is 0.651. The van der Waals surface area contributed by atoms with Crippen molar-refractivity contribution in [1.29, 1.82) is 0 Å². The number of carbonyl (C=O) groups excluding carboxylic acids is 1. The van der Waals surface area contributed by atoms with Gasteiger partial charge in [-0.25, -0.2) is 0 Å². The highest BCUT2D eigenvalue weighted by molar-refractivity contribution is 5.79. The summed E-state index contributed by atoms with van der Waals surface area (Å²) < 4.78 is 0. The van der Waals surface area contributed by atoms with E-state index < -0.39 is 0 Å². The summed E-state index contributed by atoms with van der Waals surface area (Å²) in [5.74, 6) is 0.665. The van der Waals surface area contributed by atoms with Crippen molar-refractivity contribution in [1.82, 2.24) is 0 Å². The first kappa shape index (κ1) is 9.46. The lowest BCUT2D eigenvalue weighted by atomic mass is 9.83. The Morgan fingerprint density at radius 3 is 2.67 bits per heavy atom. The molecule has 1 N–H and O–H groups in total. The second-order valence-electron chi connectivity index (χ2n) is 3.47. The average molecular weight is 168 g/mol. The maximum atomic E-state index is 10.9. The Hall–Kier alpha value is -0.630. The van der Waals surface area contributed by atoms with Gasteiger partial charge in [-0.05, 0) is 25.2 Å². The van der Waals surface area contributed by atoms with E-state index in [0.717, 1.165) is 12.8 Å². The van der Waals surface area contributed by atoms with Gasteiger partial charge in [-0.2, -0.15) is 0 Å². The van der Waals surface area contributed by atoms with E-state index in [1.165, 1.54) is 0 Å². The highest BCUT2D eigenvalue weighted by atomic mass is 16.3. The molecule has 0 saturated heterocycles. The molecule has 0 bridgehead atoms. The Balaban J connectivity index is 2.33. The summed E-state index contributed by atoms with van der Waals surface area (Å²) in [4.78, 5) is 10.9. The normalized spacial score (nSPS) is 22.2. The molecular weight excluding hydrogens is 152 g/mol. The first-order chi connectivity index (χ1) is 5.74. The van der Waals surface area contributed by atoms with E-state index in [1.807, 2.05) is 0 Å². The van der Waals surface area contributed by atoms with Crippen LogP contribution < -0.4 is 0 Å². The molecule has 0 spiro atoms. The molecule has 1 aliphatic carbocycles. The first-order valence-corrected chi connectivity index (χ1v) is 4.54. The van der Waals surface area contributed by atoms with Gasteiger partial charge in [0.05, 0.1) is 6.10 Å². The number of ketones is 1. The number of carbonyl (C=O) groups is 1. The van der Waals surface area contributed by atoms with Crippen molar-refractivity contribution in [3.8, 4) is 0 Å². The third kappa shape index (κ3) is 2.45. The molecule has 1 atom stereocenters. The zero-order valence-electron chi connectivity index (χ0n) is 7.33. The second kappa shape index (κ2) is 4.41. The molecule has 1 rings (SSSR count). The Morgan fingerprint density at radius 1 is 1.58 bits per heavy atom. The van der Waals surface area contributed by atoms with Crippen LogP contribution in [0.3, 0.4) is 0 Å². The van der Waals surface area contributed by atoms with Gasteiger partial charge < -0.3 is 5.11 Å². The van der Waals surface area contributed by atoms with Crippen molar-refractivity contribution in [3.05, 3.63) is 12.7 Å². The number of hydrogen-bond acceptors (Lipinski definition) is 2. The van der Waals surface area contributed by atoms with Crippen LogP contribution in [-0.2, 0) is 4.79 Å². The first-order valence-electron chi connectivity index (χ1n) is 4.54. The molecule has 1 unspecified atom stereocenters. The summed E-state index contributed by atoms with van der Waals surface area (Å²) in [6, 6.07) is 0. The van der Waals surface area contributed by atoms with Crippen molar-refractivity contribution in [2.24, 2.45) is 5.92 Å². The Labute approximate surface area is 73.3 Å². The van der Waals surface area contributed by atoms with Gasteiger partial charge in [0.25, 0.3) is 0 Å². The van der Waals surface area contributed by atoms with Gasteiger partial charge in [0.15, 0.2) is 0 Å². The fourth-order valence-corrected chi connectivity index (χ4v) is 1.71. The predicted octanol–water partition coefficient (Wildman–Crippen LogP) is 1.68. The maximum Gasteiger partial charge on any atom is 0.132 e. The summed E-state index contributed by atoms with van der Waals surface area (Å²) in [6.45, 7) is 3.58. The highest BCUT2D eigenvalue weighted by Gasteiger charge is 2.23. The summed E-state index contributed by atoms with van der Waals surface area (Å²) in [5, 5.41) is 9.58. The molecule has 0 aliphatic heterocycles. The molecule has 2 heteroatoms. The number of aliphatic hydroxyl groups excluding tert-OH is 1. The van der Waals surface area contributed by atoms with Crippen molar-refractivity contribution in [3.63, 3.8) is 0 Å². The minimum atomic E-state index is -0.282. The summed E-state index contributed by atoms with van der Waals surface area (Å²) in [5.41, 5.74) is 0. The Kier molecular flexibility index (Phi) is 3.48. The Morgan fingerprint density at radius 2 is 2.17 bits per heavy atom. The predicted molar refractivity (Wildman–Crippen MR) is 47.8 cm³/mol. The number of aliphatic hydroxyl groups is 1. The van der Waals surface area contributed by atoms with Crippen molar-refractivity contribution >= 4 is 5.78 Å². The number of hydrogen-bond donors (Lipinski definition) is 1. The summed E-state index contributed by atoms with van der Waals surface area (Å²) in [6.07, 6.45) is 5.12. The molecule has 1 fully saturated rings. The van der Waals surface area contributed by atoms with Crippen LogP contribution in [0.25, 0.3) is 0 Å². The highest BCUT2D eigenvalue weighted by Crippen LogP contribution is 2.25. The van der Waals surface area contributed by atoms with Gasteiger partial charge in [0, 0.05) is 12.8 Å². The van der Waals surface area contributed by atoms with Gasteiger partial charge in [0.1, 0.15) is 5.78 Å². The van der Waals surface area contributed by atoms with Gasteiger partial charge in [-0.15, -0.1) is 6.58 Å². The lowest BCUT2D eigenvalue weighted by Crippen LogP contribution is -2.25. The third-order valence-corrected chi connectivity index (χ3v) is 2.54. The van der Waals surface area contributed by atoms with Crippen molar-refractivity contribution in [2.45, 2.75) is 38.2 Å². The monoisotopic (exact) mass is 168 g/mol. The Bertz CT molecular complexity index is 165. The fraction of sp³-hybridized carbons (Fsp3) is 0.700. The van der Waals surface area contributed by atoms with Gasteiger partial charge in [0.2, 0.25) is 0 Å². The van der Waals surface area contributed by atoms with E-state index in [1.54, 1.807) is 6.08 Å². The molecule has 0 aromatic carbocycles. The molecule has 0 amide bonds. The number of rotatable bonds is 3. The third-order valence-electron chi connectivity index (χ3n) is 2.54. The van der Waals surface area contributed by atoms with E-state index in [0.29, 0.717) is 31.0 Å².